The van der Waals surface area contributed by atoms with Gasteiger partial charge in [-0.05, 0) is 18.8 Å². The molecule has 1 heterocycles. The Hall–Kier alpha value is -0.380. The van der Waals surface area contributed by atoms with E-state index in [0.717, 1.165) is 29.9 Å². The summed E-state index contributed by atoms with van der Waals surface area (Å²) in [6.45, 7) is 1.06. The Balaban J connectivity index is 1.88. The summed E-state index contributed by atoms with van der Waals surface area (Å²) < 4.78 is 2.01. The molecule has 1 aromatic heterocycles. The molecular formula is C10H16BrN3. The Morgan fingerprint density at radius 3 is 2.93 bits per heavy atom. The first kappa shape index (κ1) is 10.1. The number of alkyl halides is 1. The largest absolute Gasteiger partial charge is 0.252 e. The van der Waals surface area contributed by atoms with E-state index in [9.17, 15) is 0 Å². The molecule has 14 heavy (non-hydrogen) atoms. The summed E-state index contributed by atoms with van der Waals surface area (Å²) in [6, 6.07) is 0. The fraction of sp³-hybridized carbons (Fsp3) is 0.800. The molecule has 1 aromatic rings. The number of aromatic nitrogens is 3. The average Bonchev–Trinajstić information content (AvgIpc) is 2.79. The maximum absolute atomic E-state index is 4.14. The first-order chi connectivity index (χ1) is 6.88. The van der Waals surface area contributed by atoms with Crippen LogP contribution in [0.3, 0.4) is 0 Å². The van der Waals surface area contributed by atoms with Crippen molar-refractivity contribution in [3.8, 4) is 0 Å². The zero-order chi connectivity index (χ0) is 9.80. The van der Waals surface area contributed by atoms with Crippen molar-refractivity contribution in [1.82, 2.24) is 15.0 Å². The highest BCUT2D eigenvalue weighted by Gasteiger charge is 2.15. The molecule has 0 bridgehead atoms. The van der Waals surface area contributed by atoms with Gasteiger partial charge in [0.2, 0.25) is 0 Å². The Bertz CT molecular complexity index is 279. The van der Waals surface area contributed by atoms with E-state index in [4.69, 9.17) is 0 Å². The van der Waals surface area contributed by atoms with Crippen molar-refractivity contribution < 1.29 is 0 Å². The maximum atomic E-state index is 4.14. The van der Waals surface area contributed by atoms with Gasteiger partial charge in [0.05, 0.1) is 5.69 Å². The van der Waals surface area contributed by atoms with Gasteiger partial charge >= 0.3 is 0 Å². The normalized spacial score (nSPS) is 17.8. The van der Waals surface area contributed by atoms with Crippen LogP contribution in [0.25, 0.3) is 0 Å². The van der Waals surface area contributed by atoms with Gasteiger partial charge in [0.15, 0.2) is 0 Å². The highest BCUT2D eigenvalue weighted by Crippen LogP contribution is 2.25. The molecule has 0 atom stereocenters. The highest BCUT2D eigenvalue weighted by molar-refractivity contribution is 9.09. The highest BCUT2D eigenvalue weighted by atomic mass is 79.9. The lowest BCUT2D eigenvalue weighted by Gasteiger charge is -2.06. The van der Waals surface area contributed by atoms with Crippen LogP contribution in [0.5, 0.6) is 0 Å². The number of aryl methyl sites for hydroxylation is 1. The molecule has 0 aromatic carbocycles. The molecule has 1 saturated carbocycles. The van der Waals surface area contributed by atoms with Crippen LogP contribution in [0.2, 0.25) is 0 Å². The van der Waals surface area contributed by atoms with E-state index in [1.54, 1.807) is 0 Å². The second-order valence-corrected chi connectivity index (χ2v) is 4.81. The van der Waals surface area contributed by atoms with Gasteiger partial charge in [0, 0.05) is 24.5 Å². The van der Waals surface area contributed by atoms with E-state index in [-0.39, 0.29) is 0 Å². The molecule has 3 nitrogen and oxygen atoms in total. The van der Waals surface area contributed by atoms with Crippen LogP contribution in [0, 0.1) is 5.92 Å². The first-order valence-corrected chi connectivity index (χ1v) is 6.45. The first-order valence-electron chi connectivity index (χ1n) is 5.33. The fourth-order valence-electron chi connectivity index (χ4n) is 2.10. The maximum Gasteiger partial charge on any atom is 0.0835 e. The van der Waals surface area contributed by atoms with Crippen LogP contribution < -0.4 is 0 Å². The lowest BCUT2D eigenvalue weighted by atomic mass is 10.1. The lowest BCUT2D eigenvalue weighted by molar-refractivity contribution is 0.421. The van der Waals surface area contributed by atoms with E-state index in [2.05, 4.69) is 32.4 Å². The van der Waals surface area contributed by atoms with E-state index in [1.807, 2.05) is 4.68 Å². The molecule has 0 aliphatic heterocycles. The molecular weight excluding hydrogens is 242 g/mol. The lowest BCUT2D eigenvalue weighted by Crippen LogP contribution is -2.07. The van der Waals surface area contributed by atoms with E-state index in [0.29, 0.717) is 0 Å². The van der Waals surface area contributed by atoms with Gasteiger partial charge < -0.3 is 0 Å². The second-order valence-electron chi connectivity index (χ2n) is 4.02. The second kappa shape index (κ2) is 4.91. The summed E-state index contributed by atoms with van der Waals surface area (Å²) in [7, 11) is 0. The van der Waals surface area contributed by atoms with Gasteiger partial charge in [0.1, 0.15) is 0 Å². The fourth-order valence-corrected chi connectivity index (χ4v) is 2.50. The molecule has 0 unspecified atom stereocenters. The van der Waals surface area contributed by atoms with E-state index < -0.39 is 0 Å². The van der Waals surface area contributed by atoms with Crippen molar-refractivity contribution in [2.75, 3.05) is 5.33 Å². The molecule has 0 N–H and O–H groups in total. The smallest absolute Gasteiger partial charge is 0.0835 e. The third kappa shape index (κ3) is 2.56. The van der Waals surface area contributed by atoms with Crippen LogP contribution in [-0.4, -0.2) is 20.3 Å². The van der Waals surface area contributed by atoms with Gasteiger partial charge in [-0.3, -0.25) is 4.68 Å². The van der Waals surface area contributed by atoms with Crippen molar-refractivity contribution in [3.05, 3.63) is 11.9 Å². The summed E-state index contributed by atoms with van der Waals surface area (Å²) in [5.74, 6) is 0.841. The Labute approximate surface area is 93.0 Å². The summed E-state index contributed by atoms with van der Waals surface area (Å²) in [4.78, 5) is 0. The van der Waals surface area contributed by atoms with Crippen LogP contribution in [0.1, 0.15) is 31.4 Å². The molecule has 0 spiro atoms. The molecule has 1 aliphatic rings. The van der Waals surface area contributed by atoms with Crippen molar-refractivity contribution >= 4 is 15.9 Å². The number of nitrogens with zero attached hydrogens (tertiary/aromatic N) is 3. The Morgan fingerprint density at radius 1 is 1.43 bits per heavy atom. The molecule has 0 radical (unpaired) electrons. The van der Waals surface area contributed by atoms with E-state index in [1.165, 1.54) is 25.7 Å². The van der Waals surface area contributed by atoms with Gasteiger partial charge in [-0.15, -0.1) is 5.10 Å². The Morgan fingerprint density at radius 2 is 2.21 bits per heavy atom. The molecule has 0 saturated heterocycles. The van der Waals surface area contributed by atoms with Crippen molar-refractivity contribution in [2.24, 2.45) is 5.92 Å². The minimum atomic E-state index is 0.841. The quantitative estimate of drug-likeness (QED) is 0.776. The number of rotatable bonds is 4. The Kier molecular flexibility index (Phi) is 3.56. The SMILES string of the molecule is BrCCc1cn(CC2CCCC2)nn1. The van der Waals surface area contributed by atoms with E-state index >= 15 is 0 Å². The molecule has 0 amide bonds. The standard InChI is InChI=1S/C10H16BrN3/c11-6-5-10-8-14(13-12-10)7-9-3-1-2-4-9/h8-9H,1-7H2. The molecule has 78 valence electrons. The van der Waals surface area contributed by atoms with Crippen LogP contribution >= 0.6 is 15.9 Å². The van der Waals surface area contributed by atoms with Crippen molar-refractivity contribution in [1.29, 1.82) is 0 Å². The van der Waals surface area contributed by atoms with Gasteiger partial charge in [-0.25, -0.2) is 0 Å². The average molecular weight is 258 g/mol. The molecule has 2 rings (SSSR count). The van der Waals surface area contributed by atoms with Gasteiger partial charge in [-0.1, -0.05) is 34.0 Å². The number of hydrogen-bond donors (Lipinski definition) is 0. The molecule has 1 fully saturated rings. The zero-order valence-electron chi connectivity index (χ0n) is 8.32. The number of hydrogen-bond acceptors (Lipinski definition) is 2. The van der Waals surface area contributed by atoms with Gasteiger partial charge in [-0.2, -0.15) is 0 Å². The van der Waals surface area contributed by atoms with Crippen molar-refractivity contribution in [3.63, 3.8) is 0 Å². The summed E-state index contributed by atoms with van der Waals surface area (Å²) >= 11 is 3.41. The summed E-state index contributed by atoms with van der Waals surface area (Å²) in [6.07, 6.45) is 8.59. The predicted octanol–water partition coefficient (Wildman–Crippen LogP) is 2.41. The third-order valence-corrected chi connectivity index (χ3v) is 3.25. The molecule has 4 heteroatoms. The third-order valence-electron chi connectivity index (χ3n) is 2.86. The molecule has 1 aliphatic carbocycles. The number of halogens is 1. The monoisotopic (exact) mass is 257 g/mol. The van der Waals surface area contributed by atoms with Crippen LogP contribution in [-0.2, 0) is 13.0 Å². The predicted molar refractivity (Wildman–Crippen MR) is 59.5 cm³/mol. The minimum Gasteiger partial charge on any atom is -0.252 e. The van der Waals surface area contributed by atoms with Gasteiger partial charge in [0.25, 0.3) is 0 Å². The van der Waals surface area contributed by atoms with Crippen LogP contribution in [0.15, 0.2) is 6.20 Å². The zero-order valence-corrected chi connectivity index (χ0v) is 9.91. The summed E-state index contributed by atoms with van der Waals surface area (Å²) in [5, 5.41) is 9.24. The summed E-state index contributed by atoms with van der Waals surface area (Å²) in [5.41, 5.74) is 1.10. The van der Waals surface area contributed by atoms with Crippen LogP contribution in [0.4, 0.5) is 0 Å². The topological polar surface area (TPSA) is 30.7 Å². The van der Waals surface area contributed by atoms with Crippen molar-refractivity contribution in [2.45, 2.75) is 38.6 Å². The minimum absolute atomic E-state index is 0.841.